The Hall–Kier alpha value is -4.34. The van der Waals surface area contributed by atoms with Crippen molar-refractivity contribution in [1.29, 1.82) is 0 Å². The van der Waals surface area contributed by atoms with Crippen LogP contribution in [0.5, 0.6) is 11.5 Å². The van der Waals surface area contributed by atoms with Gasteiger partial charge in [0.15, 0.2) is 0 Å². The van der Waals surface area contributed by atoms with Gasteiger partial charge in [-0.1, -0.05) is 36.4 Å². The third kappa shape index (κ3) is 6.70. The molecule has 2 heterocycles. The molecule has 0 saturated carbocycles. The molecule has 0 aliphatic rings. The molecule has 0 aliphatic heterocycles. The van der Waals surface area contributed by atoms with Crippen molar-refractivity contribution in [2.75, 3.05) is 23.9 Å². The summed E-state index contributed by atoms with van der Waals surface area (Å²) in [6.07, 6.45) is 4.50. The van der Waals surface area contributed by atoms with Crippen LogP contribution < -0.4 is 15.4 Å². The average molecular weight is 526 g/mol. The number of hydrogen-bond donors (Lipinski definition) is 2. The van der Waals surface area contributed by atoms with Crippen molar-refractivity contribution >= 4 is 32.2 Å². The molecule has 0 spiro atoms. The number of nitrogens with zero attached hydrogens (tertiary/aromatic N) is 3. The number of aromatic nitrogens is 3. The van der Waals surface area contributed by atoms with Crippen molar-refractivity contribution in [3.8, 4) is 22.8 Å². The second-order valence-corrected chi connectivity index (χ2v) is 11.1. The molecule has 5 aromatic rings. The number of ether oxygens (including phenoxy) is 1. The molecule has 0 radical (unpaired) electrons. The second-order valence-electron chi connectivity index (χ2n) is 8.88. The normalized spacial score (nSPS) is 11.4. The highest BCUT2D eigenvalue weighted by Crippen LogP contribution is 2.29. The number of anilines is 2. The third-order valence-electron chi connectivity index (χ3n) is 5.82. The Balaban J connectivity index is 1.33. The zero-order valence-corrected chi connectivity index (χ0v) is 21.7. The number of para-hydroxylation sites is 1. The maximum absolute atomic E-state index is 11.3. The molecular formula is C29H27N5O3S. The highest BCUT2D eigenvalue weighted by molar-refractivity contribution is 7.90. The molecule has 0 fully saturated rings. The Kier molecular flexibility index (Phi) is 7.57. The van der Waals surface area contributed by atoms with Crippen molar-refractivity contribution in [3.63, 3.8) is 0 Å². The van der Waals surface area contributed by atoms with E-state index in [1.54, 1.807) is 6.20 Å². The fourth-order valence-electron chi connectivity index (χ4n) is 3.92. The van der Waals surface area contributed by atoms with Crippen molar-refractivity contribution in [1.82, 2.24) is 20.3 Å². The Bertz CT molecular complexity index is 1640. The van der Waals surface area contributed by atoms with Crippen LogP contribution in [0.15, 0.2) is 97.5 Å². The molecule has 0 aliphatic carbocycles. The minimum atomic E-state index is -2.99. The van der Waals surface area contributed by atoms with E-state index >= 15 is 0 Å². The molecule has 9 heteroatoms. The van der Waals surface area contributed by atoms with Crippen LogP contribution in [0, 0.1) is 0 Å². The van der Waals surface area contributed by atoms with Crippen molar-refractivity contribution in [2.24, 2.45) is 0 Å². The lowest BCUT2D eigenvalue weighted by molar-refractivity contribution is 0.483. The van der Waals surface area contributed by atoms with Crippen LogP contribution in [0.4, 0.5) is 11.5 Å². The van der Waals surface area contributed by atoms with Crippen LogP contribution in [0.3, 0.4) is 0 Å². The number of nitrogens with one attached hydrogen (secondary N) is 2. The van der Waals surface area contributed by atoms with Gasteiger partial charge in [0, 0.05) is 36.0 Å². The quantitative estimate of drug-likeness (QED) is 0.235. The summed E-state index contributed by atoms with van der Waals surface area (Å²) in [5.41, 5.74) is 4.38. The van der Waals surface area contributed by atoms with Crippen molar-refractivity contribution in [2.45, 2.75) is 6.54 Å². The van der Waals surface area contributed by atoms with Gasteiger partial charge >= 0.3 is 0 Å². The molecule has 8 nitrogen and oxygen atoms in total. The van der Waals surface area contributed by atoms with Crippen LogP contribution in [0.25, 0.3) is 22.2 Å². The first kappa shape index (κ1) is 25.3. The van der Waals surface area contributed by atoms with E-state index in [-0.39, 0.29) is 5.75 Å². The Morgan fingerprint density at radius 3 is 2.42 bits per heavy atom. The molecule has 2 aromatic heterocycles. The van der Waals surface area contributed by atoms with Gasteiger partial charge in [-0.3, -0.25) is 4.98 Å². The van der Waals surface area contributed by atoms with Gasteiger partial charge in [0.2, 0.25) is 0 Å². The number of rotatable bonds is 10. The summed E-state index contributed by atoms with van der Waals surface area (Å²) in [5, 5.41) is 7.41. The monoisotopic (exact) mass is 525 g/mol. The number of pyridine rings is 1. The van der Waals surface area contributed by atoms with Gasteiger partial charge in [-0.15, -0.1) is 0 Å². The lowest BCUT2D eigenvalue weighted by atomic mass is 10.1. The molecule has 38 heavy (non-hydrogen) atoms. The minimum absolute atomic E-state index is 0.109. The molecule has 3 aromatic carbocycles. The first-order valence-electron chi connectivity index (χ1n) is 12.1. The molecule has 2 N–H and O–H groups in total. The van der Waals surface area contributed by atoms with Gasteiger partial charge in [-0.25, -0.2) is 18.4 Å². The van der Waals surface area contributed by atoms with E-state index in [2.05, 4.69) is 25.6 Å². The lowest BCUT2D eigenvalue weighted by Crippen LogP contribution is -2.21. The Labute approximate surface area is 221 Å². The molecule has 0 saturated heterocycles. The van der Waals surface area contributed by atoms with Gasteiger partial charge in [0.25, 0.3) is 0 Å². The number of hydrogen-bond acceptors (Lipinski definition) is 8. The summed E-state index contributed by atoms with van der Waals surface area (Å²) in [6, 6.07) is 27.3. The molecule has 192 valence electrons. The molecular weight excluding hydrogens is 498 g/mol. The van der Waals surface area contributed by atoms with E-state index in [1.807, 2.05) is 84.9 Å². The van der Waals surface area contributed by atoms with E-state index in [1.165, 1.54) is 12.6 Å². The number of benzene rings is 3. The van der Waals surface area contributed by atoms with E-state index < -0.39 is 9.84 Å². The lowest BCUT2D eigenvalue weighted by Gasteiger charge is -2.11. The van der Waals surface area contributed by atoms with Crippen LogP contribution >= 0.6 is 0 Å². The summed E-state index contributed by atoms with van der Waals surface area (Å²) in [6.45, 7) is 0.972. The number of sulfone groups is 1. The molecule has 0 unspecified atom stereocenters. The van der Waals surface area contributed by atoms with E-state index in [0.29, 0.717) is 18.9 Å². The van der Waals surface area contributed by atoms with Gasteiger partial charge in [0.05, 0.1) is 23.2 Å². The van der Waals surface area contributed by atoms with E-state index in [4.69, 9.17) is 4.74 Å². The van der Waals surface area contributed by atoms with Crippen LogP contribution in [-0.4, -0.2) is 41.9 Å². The second kappa shape index (κ2) is 11.4. The van der Waals surface area contributed by atoms with Crippen LogP contribution in [-0.2, 0) is 16.4 Å². The fraction of sp³-hybridized carbons (Fsp3) is 0.138. The standard InChI is InChI=1S/C29H27N5O3S/c1-38(35,36)15-14-30-18-21-6-5-7-22(16-21)27-17-26-28(19-31-27)32-20-33-29(26)34-23-10-12-25(13-11-23)37-24-8-3-2-4-9-24/h2-13,16-17,19-20,30H,14-15,18H2,1H3,(H,32,33,34). The maximum atomic E-state index is 11.3. The summed E-state index contributed by atoms with van der Waals surface area (Å²) < 4.78 is 28.6. The highest BCUT2D eigenvalue weighted by Gasteiger charge is 2.09. The zero-order chi connectivity index (χ0) is 26.4. The van der Waals surface area contributed by atoms with E-state index in [0.717, 1.165) is 44.9 Å². The van der Waals surface area contributed by atoms with E-state index in [9.17, 15) is 8.42 Å². The SMILES string of the molecule is CS(=O)(=O)CCNCc1cccc(-c2cc3c(Nc4ccc(Oc5ccccc5)cc4)ncnc3cn2)c1. The van der Waals surface area contributed by atoms with Crippen molar-refractivity contribution < 1.29 is 13.2 Å². The molecule has 0 atom stereocenters. The Morgan fingerprint density at radius 2 is 1.63 bits per heavy atom. The highest BCUT2D eigenvalue weighted by atomic mass is 32.2. The smallest absolute Gasteiger partial charge is 0.148 e. The zero-order valence-electron chi connectivity index (χ0n) is 20.8. The fourth-order valence-corrected chi connectivity index (χ4v) is 4.43. The summed E-state index contributed by atoms with van der Waals surface area (Å²) >= 11 is 0. The predicted octanol–water partition coefficient (Wildman–Crippen LogP) is 5.36. The summed E-state index contributed by atoms with van der Waals surface area (Å²) in [5.74, 6) is 2.31. The predicted molar refractivity (Wildman–Crippen MR) is 150 cm³/mol. The molecule has 0 bridgehead atoms. The molecule has 5 rings (SSSR count). The van der Waals surface area contributed by atoms with Gasteiger partial charge in [-0.05, 0) is 54.1 Å². The van der Waals surface area contributed by atoms with Gasteiger partial charge in [-0.2, -0.15) is 0 Å². The number of fused-ring (bicyclic) bond motifs is 1. The third-order valence-corrected chi connectivity index (χ3v) is 6.76. The first-order chi connectivity index (χ1) is 18.4. The van der Waals surface area contributed by atoms with Gasteiger partial charge < -0.3 is 15.4 Å². The Morgan fingerprint density at radius 1 is 0.842 bits per heavy atom. The van der Waals surface area contributed by atoms with Crippen LogP contribution in [0.2, 0.25) is 0 Å². The minimum Gasteiger partial charge on any atom is -0.457 e. The molecule has 0 amide bonds. The summed E-state index contributed by atoms with van der Waals surface area (Å²) in [4.78, 5) is 13.5. The first-order valence-corrected chi connectivity index (χ1v) is 14.2. The van der Waals surface area contributed by atoms with Crippen LogP contribution in [0.1, 0.15) is 5.56 Å². The topological polar surface area (TPSA) is 106 Å². The largest absolute Gasteiger partial charge is 0.457 e. The van der Waals surface area contributed by atoms with Crippen molar-refractivity contribution in [3.05, 3.63) is 103 Å². The average Bonchev–Trinajstić information content (AvgIpc) is 2.92. The maximum Gasteiger partial charge on any atom is 0.148 e. The van der Waals surface area contributed by atoms with Gasteiger partial charge in [0.1, 0.15) is 33.5 Å². The summed E-state index contributed by atoms with van der Waals surface area (Å²) in [7, 11) is -2.99.